The molecule has 1 aliphatic rings. The minimum absolute atomic E-state index is 0. The zero-order valence-electron chi connectivity index (χ0n) is 15.2. The second-order valence-corrected chi connectivity index (χ2v) is 5.73. The summed E-state index contributed by atoms with van der Waals surface area (Å²) < 4.78 is 18.7. The first-order chi connectivity index (χ1) is 12.1. The van der Waals surface area contributed by atoms with Gasteiger partial charge in [0.1, 0.15) is 5.82 Å². The third kappa shape index (κ3) is 6.93. The van der Waals surface area contributed by atoms with Gasteiger partial charge in [0.25, 0.3) is 0 Å². The van der Waals surface area contributed by atoms with Crippen LogP contribution in [0.25, 0.3) is 0 Å². The number of nitrogens with one attached hydrogen (secondary N) is 2. The van der Waals surface area contributed by atoms with Crippen LogP contribution in [-0.2, 0) is 11.3 Å². The molecule has 1 aromatic heterocycles. The van der Waals surface area contributed by atoms with Crippen molar-refractivity contribution in [3.63, 3.8) is 0 Å². The fraction of sp³-hybridized carbons (Fsp3) is 0.588. The molecule has 0 saturated carbocycles. The van der Waals surface area contributed by atoms with E-state index < -0.39 is 0 Å². The van der Waals surface area contributed by atoms with Gasteiger partial charge >= 0.3 is 6.09 Å². The van der Waals surface area contributed by atoms with Gasteiger partial charge in [-0.2, -0.15) is 0 Å². The third-order valence-electron chi connectivity index (χ3n) is 3.93. The highest BCUT2D eigenvalue weighted by atomic mass is 127. The fourth-order valence-corrected chi connectivity index (χ4v) is 2.62. The molecule has 0 bridgehead atoms. The summed E-state index contributed by atoms with van der Waals surface area (Å²) in [7, 11) is 0. The number of carbonyl (C=O) groups excluding carboxylic acids is 1. The summed E-state index contributed by atoms with van der Waals surface area (Å²) in [6.07, 6.45) is 2.91. The van der Waals surface area contributed by atoms with E-state index in [1.165, 1.54) is 6.07 Å². The van der Waals surface area contributed by atoms with E-state index in [0.29, 0.717) is 37.9 Å². The maximum atomic E-state index is 13.6. The molecule has 0 aromatic carbocycles. The normalized spacial score (nSPS) is 15.2. The Bertz CT molecular complexity index is 594. The van der Waals surface area contributed by atoms with Gasteiger partial charge in [-0.15, -0.1) is 24.0 Å². The Balaban J connectivity index is 0.00000338. The van der Waals surface area contributed by atoms with Crippen LogP contribution in [0.4, 0.5) is 9.18 Å². The zero-order valence-corrected chi connectivity index (χ0v) is 17.5. The van der Waals surface area contributed by atoms with Gasteiger partial charge in [0, 0.05) is 31.9 Å². The molecule has 1 amide bonds. The monoisotopic (exact) mass is 479 g/mol. The molecule has 9 heteroatoms. The molecule has 146 valence electrons. The number of rotatable bonds is 5. The number of amides is 1. The molecule has 2 N–H and O–H groups in total. The number of ether oxygens (including phenoxy) is 1. The van der Waals surface area contributed by atoms with Gasteiger partial charge in [0.05, 0.1) is 18.8 Å². The van der Waals surface area contributed by atoms with E-state index in [1.54, 1.807) is 24.1 Å². The molecule has 1 aromatic rings. The lowest BCUT2D eigenvalue weighted by atomic mass is 10.1. The second-order valence-electron chi connectivity index (χ2n) is 5.73. The van der Waals surface area contributed by atoms with Crippen molar-refractivity contribution in [3.8, 4) is 0 Å². The van der Waals surface area contributed by atoms with Crippen molar-refractivity contribution in [2.24, 2.45) is 4.99 Å². The molecule has 2 rings (SSSR count). The van der Waals surface area contributed by atoms with Crippen molar-refractivity contribution >= 4 is 36.0 Å². The lowest BCUT2D eigenvalue weighted by Gasteiger charge is -2.32. The van der Waals surface area contributed by atoms with Crippen molar-refractivity contribution < 1.29 is 13.9 Å². The summed E-state index contributed by atoms with van der Waals surface area (Å²) in [5.74, 6) is 0.270. The van der Waals surface area contributed by atoms with Crippen molar-refractivity contribution in [2.45, 2.75) is 39.3 Å². The van der Waals surface area contributed by atoms with Gasteiger partial charge in [0.2, 0.25) is 0 Å². The molecule has 0 atom stereocenters. The number of likely N-dealkylation sites (tertiary alicyclic amines) is 1. The number of aromatic nitrogens is 1. The van der Waals surface area contributed by atoms with Crippen molar-refractivity contribution in [3.05, 3.63) is 29.8 Å². The molecular weight excluding hydrogens is 452 g/mol. The standard InChI is InChI=1S/C17H26FN5O2.HI/c1-3-19-16(21-12-15-14(18)6-5-9-20-15)22-13-7-10-23(11-8-13)17(24)25-4-2;/h5-6,9,13H,3-4,7-8,10-12H2,1-2H3,(H2,19,21,22);1H. The van der Waals surface area contributed by atoms with E-state index in [9.17, 15) is 9.18 Å². The van der Waals surface area contributed by atoms with Gasteiger partial charge in [-0.05, 0) is 38.8 Å². The molecule has 1 saturated heterocycles. The van der Waals surface area contributed by atoms with Crippen LogP contribution in [-0.4, -0.2) is 54.2 Å². The summed E-state index contributed by atoms with van der Waals surface area (Å²) in [4.78, 5) is 21.9. The van der Waals surface area contributed by atoms with Crippen molar-refractivity contribution in [1.29, 1.82) is 0 Å². The van der Waals surface area contributed by atoms with E-state index in [0.717, 1.165) is 12.8 Å². The van der Waals surface area contributed by atoms with Gasteiger partial charge in [-0.3, -0.25) is 4.98 Å². The Morgan fingerprint density at radius 1 is 1.42 bits per heavy atom. The summed E-state index contributed by atoms with van der Waals surface area (Å²) >= 11 is 0. The number of carbonyl (C=O) groups is 1. The van der Waals surface area contributed by atoms with Crippen LogP contribution in [0.5, 0.6) is 0 Å². The molecule has 2 heterocycles. The molecule has 0 radical (unpaired) electrons. The van der Waals surface area contributed by atoms with Gasteiger partial charge < -0.3 is 20.3 Å². The maximum absolute atomic E-state index is 13.6. The third-order valence-corrected chi connectivity index (χ3v) is 3.93. The Hall–Kier alpha value is -1.65. The average Bonchev–Trinajstić information content (AvgIpc) is 2.62. The summed E-state index contributed by atoms with van der Waals surface area (Å²) in [5.41, 5.74) is 0.317. The smallest absolute Gasteiger partial charge is 0.409 e. The summed E-state index contributed by atoms with van der Waals surface area (Å²) in [5, 5.41) is 6.51. The Morgan fingerprint density at radius 2 is 2.15 bits per heavy atom. The lowest BCUT2D eigenvalue weighted by Crippen LogP contribution is -2.49. The van der Waals surface area contributed by atoms with Crippen molar-refractivity contribution in [1.82, 2.24) is 20.5 Å². The number of halogens is 2. The number of piperidine rings is 1. The lowest BCUT2D eigenvalue weighted by molar-refractivity contribution is 0.0963. The first-order valence-corrected chi connectivity index (χ1v) is 8.70. The summed E-state index contributed by atoms with van der Waals surface area (Å²) in [6, 6.07) is 3.14. The van der Waals surface area contributed by atoms with E-state index in [-0.39, 0.29) is 48.5 Å². The number of aliphatic imine (C=N–C) groups is 1. The van der Waals surface area contributed by atoms with Crippen LogP contribution >= 0.6 is 24.0 Å². The quantitative estimate of drug-likeness (QED) is 0.386. The first kappa shape index (κ1) is 22.4. The van der Waals surface area contributed by atoms with Gasteiger partial charge in [-0.25, -0.2) is 14.2 Å². The van der Waals surface area contributed by atoms with Crippen LogP contribution in [0.2, 0.25) is 0 Å². The van der Waals surface area contributed by atoms with E-state index >= 15 is 0 Å². The fourth-order valence-electron chi connectivity index (χ4n) is 2.62. The molecule has 0 aliphatic carbocycles. The topological polar surface area (TPSA) is 78.9 Å². The number of nitrogens with zero attached hydrogens (tertiary/aromatic N) is 3. The highest BCUT2D eigenvalue weighted by molar-refractivity contribution is 14.0. The predicted octanol–water partition coefficient (Wildman–Crippen LogP) is 2.51. The Morgan fingerprint density at radius 3 is 2.77 bits per heavy atom. The largest absolute Gasteiger partial charge is 0.450 e. The number of hydrogen-bond acceptors (Lipinski definition) is 4. The minimum atomic E-state index is -0.357. The molecule has 7 nitrogen and oxygen atoms in total. The molecule has 26 heavy (non-hydrogen) atoms. The first-order valence-electron chi connectivity index (χ1n) is 8.70. The van der Waals surface area contributed by atoms with E-state index in [1.807, 2.05) is 6.92 Å². The van der Waals surface area contributed by atoms with Gasteiger partial charge in [-0.1, -0.05) is 0 Å². The number of hydrogen-bond donors (Lipinski definition) is 2. The molecule has 1 fully saturated rings. The minimum Gasteiger partial charge on any atom is -0.450 e. The van der Waals surface area contributed by atoms with Crippen LogP contribution in [0.3, 0.4) is 0 Å². The van der Waals surface area contributed by atoms with Crippen LogP contribution < -0.4 is 10.6 Å². The molecule has 0 unspecified atom stereocenters. The van der Waals surface area contributed by atoms with Crippen LogP contribution in [0.15, 0.2) is 23.3 Å². The summed E-state index contributed by atoms with van der Waals surface area (Å²) in [6.45, 7) is 6.33. The number of pyridine rings is 1. The average molecular weight is 479 g/mol. The van der Waals surface area contributed by atoms with Gasteiger partial charge in [0.15, 0.2) is 5.96 Å². The van der Waals surface area contributed by atoms with E-state index in [4.69, 9.17) is 4.74 Å². The second kappa shape index (κ2) is 11.9. The maximum Gasteiger partial charge on any atom is 0.409 e. The predicted molar refractivity (Wildman–Crippen MR) is 109 cm³/mol. The molecule has 1 aliphatic heterocycles. The zero-order chi connectivity index (χ0) is 18.1. The van der Waals surface area contributed by atoms with Crippen LogP contribution in [0.1, 0.15) is 32.4 Å². The van der Waals surface area contributed by atoms with E-state index in [2.05, 4.69) is 20.6 Å². The molecule has 0 spiro atoms. The van der Waals surface area contributed by atoms with Crippen LogP contribution in [0, 0.1) is 5.82 Å². The highest BCUT2D eigenvalue weighted by Gasteiger charge is 2.24. The Labute approximate surface area is 170 Å². The van der Waals surface area contributed by atoms with Crippen molar-refractivity contribution in [2.75, 3.05) is 26.2 Å². The Kier molecular flexibility index (Phi) is 10.2. The number of guanidine groups is 1. The highest BCUT2D eigenvalue weighted by Crippen LogP contribution is 2.11. The molecular formula is C17H27FIN5O2. The SMILES string of the molecule is CCNC(=NCc1ncccc1F)NC1CCN(C(=O)OCC)CC1.I.